The molecule has 0 saturated heterocycles. The Hall–Kier alpha value is 0.01000. The molecule has 5 atom stereocenters. The summed E-state index contributed by atoms with van der Waals surface area (Å²) in [4.78, 5) is 4.68. The summed E-state index contributed by atoms with van der Waals surface area (Å²) in [7, 11) is 0. The Morgan fingerprint density at radius 2 is 1.94 bits per heavy atom. The highest BCUT2D eigenvalue weighted by atomic mass is 127. The molecule has 0 aromatic heterocycles. The number of aliphatic hydroxyl groups is 1. The molecule has 31 heavy (non-hydrogen) atoms. The smallest absolute Gasteiger partial charge is 0.0872 e. The van der Waals surface area contributed by atoms with Crippen LogP contribution in [-0.2, 0) is 0 Å². The average Bonchev–Trinajstić information content (AvgIpc) is 3.12. The normalized spacial score (nSPS) is 41.4. The number of nitrogens with one attached hydrogen (secondary N) is 1. The van der Waals surface area contributed by atoms with E-state index in [4.69, 9.17) is 0 Å². The van der Waals surface area contributed by atoms with Crippen molar-refractivity contribution in [2.75, 3.05) is 19.6 Å². The van der Waals surface area contributed by atoms with E-state index in [0.717, 1.165) is 49.4 Å². The zero-order valence-corrected chi connectivity index (χ0v) is 22.7. The topological polar surface area (TPSA) is 44.6 Å². The maximum Gasteiger partial charge on any atom is 0.0872 e. The first-order valence-corrected chi connectivity index (χ1v) is 14.1. The summed E-state index contributed by atoms with van der Waals surface area (Å²) in [6.07, 6.45) is 18.8. The van der Waals surface area contributed by atoms with Gasteiger partial charge >= 0.3 is 0 Å². The minimum atomic E-state index is -0.389. The van der Waals surface area contributed by atoms with E-state index in [1.54, 1.807) is 0 Å². The van der Waals surface area contributed by atoms with Crippen LogP contribution in [-0.4, -0.2) is 37.1 Å². The highest BCUT2D eigenvalue weighted by Gasteiger charge is 2.59. The van der Waals surface area contributed by atoms with Crippen LogP contribution < -0.4 is 5.32 Å². The molecular formula is C26H34I2N2O. The van der Waals surface area contributed by atoms with Gasteiger partial charge in [0.05, 0.1) is 12.6 Å². The fourth-order valence-electron chi connectivity index (χ4n) is 7.41. The summed E-state index contributed by atoms with van der Waals surface area (Å²) in [6, 6.07) is 0. The number of allylic oxidation sites excluding steroid dienone is 5. The van der Waals surface area contributed by atoms with E-state index in [1.165, 1.54) is 44.8 Å². The third-order valence-corrected chi connectivity index (χ3v) is 9.83. The summed E-state index contributed by atoms with van der Waals surface area (Å²) in [5.74, 6) is 3.67. The van der Waals surface area contributed by atoms with Crippen molar-refractivity contribution < 1.29 is 5.11 Å². The van der Waals surface area contributed by atoms with Crippen molar-refractivity contribution in [1.29, 1.82) is 0 Å². The lowest BCUT2D eigenvalue weighted by Gasteiger charge is -2.46. The van der Waals surface area contributed by atoms with Crippen molar-refractivity contribution in [1.82, 2.24) is 5.32 Å². The SMILES string of the molecule is CC1=CC(C23CC4CC(C2)C(C4)C3)C(O)C(C=NCCNCC2C=C(I)C=C(I)C2)=C1. The molecule has 0 radical (unpaired) electrons. The van der Waals surface area contributed by atoms with Gasteiger partial charge in [0, 0.05) is 28.8 Å². The molecule has 0 aromatic carbocycles. The monoisotopic (exact) mass is 644 g/mol. The van der Waals surface area contributed by atoms with Gasteiger partial charge in [-0.3, -0.25) is 4.99 Å². The summed E-state index contributed by atoms with van der Waals surface area (Å²) < 4.78 is 2.78. The van der Waals surface area contributed by atoms with Gasteiger partial charge in [-0.25, -0.2) is 0 Å². The zero-order chi connectivity index (χ0) is 21.6. The number of hydrogen-bond acceptors (Lipinski definition) is 3. The van der Waals surface area contributed by atoms with Gasteiger partial charge in [-0.2, -0.15) is 0 Å². The van der Waals surface area contributed by atoms with Crippen molar-refractivity contribution in [3.05, 3.63) is 42.6 Å². The first-order valence-electron chi connectivity index (χ1n) is 11.9. The molecule has 0 aliphatic heterocycles. The van der Waals surface area contributed by atoms with Crippen molar-refractivity contribution in [3.8, 4) is 0 Å². The lowest BCUT2D eigenvalue weighted by atomic mass is 9.59. The largest absolute Gasteiger partial charge is 0.388 e. The van der Waals surface area contributed by atoms with E-state index in [2.05, 4.69) is 86.7 Å². The predicted octanol–water partition coefficient (Wildman–Crippen LogP) is 5.99. The first-order chi connectivity index (χ1) is 14.9. The van der Waals surface area contributed by atoms with E-state index < -0.39 is 0 Å². The van der Waals surface area contributed by atoms with E-state index >= 15 is 0 Å². The van der Waals surface area contributed by atoms with Gasteiger partial charge in [-0.15, -0.1) is 0 Å². The molecule has 0 aromatic rings. The number of rotatable bonds is 7. The fourth-order valence-corrected chi connectivity index (χ4v) is 9.79. The molecule has 0 spiro atoms. The standard InChI is InChI=1S/C26H34I2N2O/c1-16-4-21(15-30-3-2-29-14-18-8-22(27)10-23(28)9-18)25(31)24(5-16)26-11-17-6-19(12-26)20(7-17)13-26/h4-5,8,10,15,17-20,24-25,29,31H,2-3,6-7,9,11-14H2,1H3. The number of aliphatic hydroxyl groups excluding tert-OH is 1. The van der Waals surface area contributed by atoms with E-state index in [1.807, 2.05) is 6.21 Å². The molecule has 3 nitrogen and oxygen atoms in total. The molecule has 6 aliphatic carbocycles. The van der Waals surface area contributed by atoms with E-state index in [0.29, 0.717) is 11.3 Å². The van der Waals surface area contributed by atoms with Crippen LogP contribution in [0, 0.1) is 35.0 Å². The van der Waals surface area contributed by atoms with Gasteiger partial charge in [0.1, 0.15) is 0 Å². The molecule has 4 bridgehead atoms. The predicted molar refractivity (Wildman–Crippen MR) is 146 cm³/mol. The molecule has 168 valence electrons. The van der Waals surface area contributed by atoms with Crippen LogP contribution in [0.4, 0.5) is 0 Å². The minimum absolute atomic E-state index is 0.281. The van der Waals surface area contributed by atoms with Crippen LogP contribution in [0.15, 0.2) is 47.6 Å². The minimum Gasteiger partial charge on any atom is -0.388 e. The molecule has 6 rings (SSSR count). The maximum absolute atomic E-state index is 11.3. The molecule has 5 heteroatoms. The van der Waals surface area contributed by atoms with E-state index in [9.17, 15) is 5.11 Å². The Kier molecular flexibility index (Phi) is 6.86. The summed E-state index contributed by atoms with van der Waals surface area (Å²) in [5.41, 5.74) is 2.67. The number of hydrogen-bond donors (Lipinski definition) is 2. The highest BCUT2D eigenvalue weighted by molar-refractivity contribution is 14.1. The van der Waals surface area contributed by atoms with Gasteiger partial charge in [-0.1, -0.05) is 23.8 Å². The molecule has 4 saturated carbocycles. The third kappa shape index (κ3) is 4.80. The van der Waals surface area contributed by atoms with Crippen LogP contribution in [0.2, 0.25) is 0 Å². The average molecular weight is 644 g/mol. The number of aliphatic imine (C=N–C) groups is 1. The lowest BCUT2D eigenvalue weighted by Crippen LogP contribution is -2.42. The highest BCUT2D eigenvalue weighted by Crippen LogP contribution is 2.67. The number of nitrogens with zero attached hydrogens (tertiary/aromatic N) is 1. The fraction of sp³-hybridized carbons (Fsp3) is 0.654. The van der Waals surface area contributed by atoms with Crippen molar-refractivity contribution in [3.63, 3.8) is 0 Å². The molecule has 5 unspecified atom stereocenters. The third-order valence-electron chi connectivity index (χ3n) is 8.41. The van der Waals surface area contributed by atoms with Crippen molar-refractivity contribution in [2.24, 2.45) is 40.0 Å². The Labute approximate surface area is 214 Å². The van der Waals surface area contributed by atoms with Crippen LogP contribution in [0.3, 0.4) is 0 Å². The quantitative estimate of drug-likeness (QED) is 0.203. The van der Waals surface area contributed by atoms with E-state index in [-0.39, 0.29) is 12.0 Å². The maximum atomic E-state index is 11.3. The van der Waals surface area contributed by atoms with Gasteiger partial charge in [0.15, 0.2) is 0 Å². The summed E-state index contributed by atoms with van der Waals surface area (Å²) in [5, 5.41) is 14.9. The second-order valence-corrected chi connectivity index (χ2v) is 13.3. The Morgan fingerprint density at radius 1 is 1.16 bits per heavy atom. The van der Waals surface area contributed by atoms with Gasteiger partial charge in [0.2, 0.25) is 0 Å². The molecular weight excluding hydrogens is 610 g/mol. The summed E-state index contributed by atoms with van der Waals surface area (Å²) in [6.45, 7) is 4.84. The van der Waals surface area contributed by atoms with Crippen LogP contribution >= 0.6 is 45.2 Å². The number of halogens is 2. The zero-order valence-electron chi connectivity index (χ0n) is 18.4. The lowest BCUT2D eigenvalue weighted by molar-refractivity contribution is 0.0239. The van der Waals surface area contributed by atoms with Crippen LogP contribution in [0.1, 0.15) is 45.4 Å². The van der Waals surface area contributed by atoms with Crippen LogP contribution in [0.5, 0.6) is 0 Å². The molecule has 2 N–H and O–H groups in total. The second kappa shape index (κ2) is 9.34. The van der Waals surface area contributed by atoms with Crippen molar-refractivity contribution >= 4 is 51.4 Å². The van der Waals surface area contributed by atoms with Gasteiger partial charge in [-0.05, 0) is 135 Å². The first kappa shape index (κ1) is 22.8. The van der Waals surface area contributed by atoms with Gasteiger partial charge < -0.3 is 10.4 Å². The molecule has 4 fully saturated rings. The van der Waals surface area contributed by atoms with Gasteiger partial charge in [0.25, 0.3) is 0 Å². The molecule has 0 heterocycles. The summed E-state index contributed by atoms with van der Waals surface area (Å²) >= 11 is 4.86. The van der Waals surface area contributed by atoms with Crippen LogP contribution in [0.25, 0.3) is 0 Å². The van der Waals surface area contributed by atoms with Crippen molar-refractivity contribution in [2.45, 2.75) is 51.6 Å². The molecule has 0 amide bonds. The molecule has 6 aliphatic rings. The second-order valence-electron chi connectivity index (χ2n) is 10.7. The Bertz CT molecular complexity index is 851. The Balaban J connectivity index is 1.14. The Morgan fingerprint density at radius 3 is 2.65 bits per heavy atom.